The molecule has 212 valence electrons. The molecule has 0 aliphatic rings. The first-order valence-corrected chi connectivity index (χ1v) is 8.53. The number of hydrogen-bond acceptors (Lipinski definition) is 2. The van der Waals surface area contributed by atoms with Gasteiger partial charge in [0.1, 0.15) is 5.75 Å². The highest BCUT2D eigenvalue weighted by Crippen LogP contribution is 2.63. The highest BCUT2D eigenvalue weighted by Gasteiger charge is 2.93. The van der Waals surface area contributed by atoms with E-state index < -0.39 is 70.8 Å². The van der Waals surface area contributed by atoms with Crippen LogP contribution in [0.5, 0.6) is 5.75 Å². The Hall–Kier alpha value is -2.96. The number of carboxylic acids is 1. The number of halogens is 17. The van der Waals surface area contributed by atoms with E-state index >= 15 is 0 Å². The van der Waals surface area contributed by atoms with E-state index in [0.29, 0.717) is 6.07 Å². The van der Waals surface area contributed by atoms with Crippen LogP contribution in [0.15, 0.2) is 30.0 Å². The second-order valence-electron chi connectivity index (χ2n) is 6.97. The second kappa shape index (κ2) is 9.10. The quantitative estimate of drug-likeness (QED) is 0.242. The molecule has 0 atom stereocenters. The molecule has 0 spiro atoms. The van der Waals surface area contributed by atoms with Gasteiger partial charge < -0.3 is 9.84 Å². The van der Waals surface area contributed by atoms with Gasteiger partial charge in [0.2, 0.25) is 5.83 Å². The van der Waals surface area contributed by atoms with Crippen LogP contribution in [0.2, 0.25) is 0 Å². The lowest BCUT2D eigenvalue weighted by atomic mass is 9.91. The molecule has 37 heavy (non-hydrogen) atoms. The van der Waals surface area contributed by atoms with Gasteiger partial charge in [0.15, 0.2) is 0 Å². The number of allylic oxidation sites excluding steroid dienone is 1. The van der Waals surface area contributed by atoms with Crippen molar-refractivity contribution in [2.75, 3.05) is 0 Å². The number of carbonyl (C=O) groups is 1. The van der Waals surface area contributed by atoms with Crippen LogP contribution in [0.1, 0.15) is 15.9 Å². The first-order valence-electron chi connectivity index (χ1n) is 8.53. The average Bonchev–Trinajstić information content (AvgIpc) is 2.70. The summed E-state index contributed by atoms with van der Waals surface area (Å²) < 4.78 is 227. The standard InChI is InChI=1S/C17H7F17O3/c1-5-2-6(10(35)36)4-7(3-5)37-9(19)8(18)11(20,21)12(22,23)13(24,25)14(26,27)15(28,29)16(30,31)17(32,33)34/h2-4H,1H3,(H,35,36). The normalized spacial score (nSPS) is 15.4. The third kappa shape index (κ3) is 4.85. The van der Waals surface area contributed by atoms with Crippen LogP contribution in [0, 0.1) is 6.92 Å². The fourth-order valence-electron chi connectivity index (χ4n) is 2.31. The van der Waals surface area contributed by atoms with Crippen LogP contribution in [0.4, 0.5) is 74.6 Å². The van der Waals surface area contributed by atoms with Gasteiger partial charge in [-0.2, -0.15) is 74.6 Å². The van der Waals surface area contributed by atoms with E-state index in [1.807, 2.05) is 0 Å². The van der Waals surface area contributed by atoms with Crippen LogP contribution in [-0.4, -0.2) is 52.8 Å². The third-order valence-corrected chi connectivity index (χ3v) is 4.28. The minimum absolute atomic E-state index is 0.209. The summed E-state index contributed by atoms with van der Waals surface area (Å²) in [5, 5.41) is 8.76. The predicted octanol–water partition coefficient (Wildman–Crippen LogP) is 7.55. The topological polar surface area (TPSA) is 46.5 Å². The number of ether oxygens (including phenoxy) is 1. The Labute approximate surface area is 192 Å². The van der Waals surface area contributed by atoms with Crippen molar-refractivity contribution >= 4 is 5.97 Å². The van der Waals surface area contributed by atoms with E-state index in [-0.39, 0.29) is 11.6 Å². The molecule has 1 aromatic carbocycles. The Balaban J connectivity index is 3.63. The summed E-state index contributed by atoms with van der Waals surface area (Å²) in [6.45, 7) is 1.01. The highest BCUT2D eigenvalue weighted by atomic mass is 19.4. The minimum atomic E-state index is -8.68. The van der Waals surface area contributed by atoms with Gasteiger partial charge in [-0.05, 0) is 30.7 Å². The van der Waals surface area contributed by atoms with Gasteiger partial charge in [0.25, 0.3) is 0 Å². The van der Waals surface area contributed by atoms with Crippen molar-refractivity contribution in [3.8, 4) is 5.75 Å². The van der Waals surface area contributed by atoms with Crippen LogP contribution < -0.4 is 4.74 Å². The zero-order chi connectivity index (χ0) is 29.8. The number of hydrogen-bond donors (Lipinski definition) is 1. The Morgan fingerprint density at radius 3 is 1.49 bits per heavy atom. The predicted molar refractivity (Wildman–Crippen MR) is 83.7 cm³/mol. The zero-order valence-corrected chi connectivity index (χ0v) is 16.9. The van der Waals surface area contributed by atoms with E-state index in [0.717, 1.165) is 13.0 Å². The maximum absolute atomic E-state index is 13.7. The van der Waals surface area contributed by atoms with E-state index in [2.05, 4.69) is 4.74 Å². The van der Waals surface area contributed by atoms with E-state index in [1.54, 1.807) is 0 Å². The van der Waals surface area contributed by atoms with Crippen molar-refractivity contribution in [1.82, 2.24) is 0 Å². The maximum Gasteiger partial charge on any atom is 0.460 e. The largest absolute Gasteiger partial charge is 0.478 e. The first kappa shape index (κ1) is 32.1. The van der Waals surface area contributed by atoms with Gasteiger partial charge >= 0.3 is 53.7 Å². The maximum atomic E-state index is 13.7. The zero-order valence-electron chi connectivity index (χ0n) is 16.9. The SMILES string of the molecule is Cc1cc(OC(F)=C(F)C(F)(F)C(F)(F)C(F)(F)C(F)(F)C(F)(F)C(F)(F)C(F)(F)F)cc(C(=O)O)c1. The van der Waals surface area contributed by atoms with Gasteiger partial charge in [-0.1, -0.05) is 0 Å². The molecule has 0 bridgehead atoms. The van der Waals surface area contributed by atoms with Gasteiger partial charge in [-0.25, -0.2) is 4.79 Å². The van der Waals surface area contributed by atoms with Crippen molar-refractivity contribution in [3.05, 3.63) is 41.2 Å². The van der Waals surface area contributed by atoms with Gasteiger partial charge in [-0.3, -0.25) is 0 Å². The lowest BCUT2D eigenvalue weighted by Crippen LogP contribution is -2.72. The molecule has 0 saturated heterocycles. The Morgan fingerprint density at radius 2 is 1.08 bits per heavy atom. The molecule has 1 aromatic rings. The monoisotopic (exact) mass is 582 g/mol. The number of benzene rings is 1. The van der Waals surface area contributed by atoms with Crippen LogP contribution in [0.3, 0.4) is 0 Å². The van der Waals surface area contributed by atoms with Gasteiger partial charge in [0, 0.05) is 0 Å². The minimum Gasteiger partial charge on any atom is -0.478 e. The number of carboxylic acid groups (broad SMARTS) is 1. The summed E-state index contributed by atoms with van der Waals surface area (Å²) in [7, 11) is 0. The molecular formula is C17H7F17O3. The van der Waals surface area contributed by atoms with Crippen LogP contribution in [-0.2, 0) is 0 Å². The van der Waals surface area contributed by atoms with Crippen molar-refractivity contribution in [2.45, 2.75) is 48.6 Å². The number of alkyl halides is 15. The molecular weight excluding hydrogens is 575 g/mol. The Kier molecular flexibility index (Phi) is 7.89. The van der Waals surface area contributed by atoms with Crippen molar-refractivity contribution in [2.24, 2.45) is 0 Å². The molecule has 0 aromatic heterocycles. The van der Waals surface area contributed by atoms with E-state index in [4.69, 9.17) is 5.11 Å². The van der Waals surface area contributed by atoms with Crippen molar-refractivity contribution in [3.63, 3.8) is 0 Å². The fourth-order valence-corrected chi connectivity index (χ4v) is 2.31. The van der Waals surface area contributed by atoms with Crippen molar-refractivity contribution < 1.29 is 89.3 Å². The third-order valence-electron chi connectivity index (χ3n) is 4.28. The first-order chi connectivity index (χ1) is 16.1. The van der Waals surface area contributed by atoms with E-state index in [9.17, 15) is 79.4 Å². The molecule has 0 fully saturated rings. The molecule has 0 aliphatic heterocycles. The number of rotatable bonds is 9. The Bertz CT molecular complexity index is 1070. The van der Waals surface area contributed by atoms with E-state index in [1.165, 1.54) is 0 Å². The summed E-state index contributed by atoms with van der Waals surface area (Å²) in [5.41, 5.74) is -1.07. The summed E-state index contributed by atoms with van der Waals surface area (Å²) in [4.78, 5) is 10.8. The van der Waals surface area contributed by atoms with Crippen molar-refractivity contribution in [1.29, 1.82) is 0 Å². The molecule has 0 heterocycles. The lowest BCUT2D eigenvalue weighted by molar-refractivity contribution is -0.451. The molecule has 20 heteroatoms. The smallest absolute Gasteiger partial charge is 0.460 e. The number of aryl methyl sites for hydroxylation is 1. The molecule has 1 N–H and O–H groups in total. The molecule has 3 nitrogen and oxygen atoms in total. The molecule has 0 radical (unpaired) electrons. The fraction of sp³-hybridized carbons (Fsp3) is 0.471. The molecule has 0 amide bonds. The average molecular weight is 582 g/mol. The molecule has 0 saturated carbocycles. The number of aromatic carboxylic acids is 1. The van der Waals surface area contributed by atoms with Crippen LogP contribution in [0.25, 0.3) is 0 Å². The summed E-state index contributed by atoms with van der Waals surface area (Å²) in [6.07, 6.45) is -7.82. The van der Waals surface area contributed by atoms with Crippen LogP contribution >= 0.6 is 0 Å². The summed E-state index contributed by atoms with van der Waals surface area (Å²) >= 11 is 0. The molecule has 0 aliphatic carbocycles. The summed E-state index contributed by atoms with van der Waals surface area (Å²) in [5.74, 6) is -57.8. The lowest BCUT2D eigenvalue weighted by Gasteiger charge is -2.41. The second-order valence-corrected chi connectivity index (χ2v) is 6.97. The Morgan fingerprint density at radius 1 is 0.676 bits per heavy atom. The summed E-state index contributed by atoms with van der Waals surface area (Å²) in [6, 6.07) is -2.17. The highest BCUT2D eigenvalue weighted by molar-refractivity contribution is 5.88. The van der Waals surface area contributed by atoms with Gasteiger partial charge in [0.05, 0.1) is 5.56 Å². The van der Waals surface area contributed by atoms with Gasteiger partial charge in [-0.15, -0.1) is 0 Å². The molecule has 0 unspecified atom stereocenters. The molecule has 1 rings (SSSR count).